The fourth-order valence-electron chi connectivity index (χ4n) is 4.51. The van der Waals surface area contributed by atoms with Crippen LogP contribution in [0.15, 0.2) is 77.7 Å². The molecule has 2 amide bonds. The van der Waals surface area contributed by atoms with Crippen LogP contribution in [0.2, 0.25) is 0 Å². The summed E-state index contributed by atoms with van der Waals surface area (Å²) in [5.41, 5.74) is 4.14. The van der Waals surface area contributed by atoms with Crippen LogP contribution >= 0.6 is 0 Å². The molecule has 3 rings (SSSR count). The van der Waals surface area contributed by atoms with E-state index >= 15 is 0 Å². The molecule has 1 atom stereocenters. The third-order valence-corrected chi connectivity index (χ3v) is 8.51. The first-order valence-electron chi connectivity index (χ1n) is 13.4. The number of benzene rings is 3. The van der Waals surface area contributed by atoms with Crippen LogP contribution in [0.1, 0.15) is 49.4 Å². The zero-order chi connectivity index (χ0) is 28.6. The van der Waals surface area contributed by atoms with E-state index in [1.807, 2.05) is 71.0 Å². The van der Waals surface area contributed by atoms with Crippen LogP contribution in [0.3, 0.4) is 0 Å². The summed E-state index contributed by atoms with van der Waals surface area (Å²) in [5, 5.41) is 2.83. The molecule has 3 aromatic rings. The lowest BCUT2D eigenvalue weighted by Gasteiger charge is -2.33. The number of hydrogen-bond acceptors (Lipinski definition) is 4. The average Bonchev–Trinajstić information content (AvgIpc) is 2.93. The van der Waals surface area contributed by atoms with Gasteiger partial charge in [0.1, 0.15) is 12.6 Å². The van der Waals surface area contributed by atoms with Crippen molar-refractivity contribution in [3.63, 3.8) is 0 Å². The van der Waals surface area contributed by atoms with Crippen molar-refractivity contribution in [2.45, 2.75) is 64.9 Å². The second-order valence-electron chi connectivity index (χ2n) is 9.63. The molecule has 0 aliphatic rings. The largest absolute Gasteiger partial charge is 0.355 e. The number of aryl methyl sites for hydroxylation is 3. The van der Waals surface area contributed by atoms with E-state index in [0.717, 1.165) is 22.3 Å². The second kappa shape index (κ2) is 13.4. The number of amides is 2. The highest BCUT2D eigenvalue weighted by Gasteiger charge is 2.34. The van der Waals surface area contributed by atoms with Crippen LogP contribution in [0.5, 0.6) is 0 Å². The highest BCUT2D eigenvalue weighted by Crippen LogP contribution is 2.28. The number of carbonyl (C=O) groups is 2. The van der Waals surface area contributed by atoms with Crippen molar-refractivity contribution >= 4 is 27.5 Å². The van der Waals surface area contributed by atoms with Crippen LogP contribution in [0.25, 0.3) is 0 Å². The average molecular weight is 550 g/mol. The number of para-hydroxylation sites is 1. The maximum atomic E-state index is 14.1. The maximum Gasteiger partial charge on any atom is 0.264 e. The summed E-state index contributed by atoms with van der Waals surface area (Å²) >= 11 is 0. The van der Waals surface area contributed by atoms with Crippen LogP contribution in [0.4, 0.5) is 5.69 Å². The fourth-order valence-corrected chi connectivity index (χ4v) is 5.96. The lowest BCUT2D eigenvalue weighted by molar-refractivity contribution is -0.140. The molecule has 0 bridgehead atoms. The SMILES string of the molecule is CCNC(=O)C(CC)N(Cc1ccc(C)cc1)C(=O)CN(c1ccccc1CC)S(=O)(=O)c1ccc(C)cc1. The summed E-state index contributed by atoms with van der Waals surface area (Å²) < 4.78 is 29.2. The lowest BCUT2D eigenvalue weighted by Crippen LogP contribution is -2.52. The summed E-state index contributed by atoms with van der Waals surface area (Å²) in [4.78, 5) is 28.7. The second-order valence-corrected chi connectivity index (χ2v) is 11.5. The minimum absolute atomic E-state index is 0.104. The van der Waals surface area contributed by atoms with Crippen LogP contribution < -0.4 is 9.62 Å². The Morgan fingerprint density at radius 2 is 1.44 bits per heavy atom. The van der Waals surface area contributed by atoms with Crippen molar-refractivity contribution in [3.05, 3.63) is 95.1 Å². The van der Waals surface area contributed by atoms with Crippen molar-refractivity contribution in [2.75, 3.05) is 17.4 Å². The minimum Gasteiger partial charge on any atom is -0.355 e. The molecule has 7 nitrogen and oxygen atoms in total. The number of hydrogen-bond donors (Lipinski definition) is 1. The van der Waals surface area contributed by atoms with Crippen molar-refractivity contribution in [2.24, 2.45) is 0 Å². The van der Waals surface area contributed by atoms with Gasteiger partial charge >= 0.3 is 0 Å². The molecule has 39 heavy (non-hydrogen) atoms. The topological polar surface area (TPSA) is 86.8 Å². The summed E-state index contributed by atoms with van der Waals surface area (Å²) in [6, 6.07) is 20.8. The Kier molecular flexibility index (Phi) is 10.3. The number of carbonyl (C=O) groups excluding carboxylic acids is 2. The molecule has 0 saturated carbocycles. The zero-order valence-corrected chi connectivity index (χ0v) is 24.3. The number of likely N-dealkylation sites (N-methyl/N-ethyl adjacent to an activating group) is 1. The molecular weight excluding hydrogens is 510 g/mol. The van der Waals surface area contributed by atoms with E-state index in [1.165, 1.54) is 9.21 Å². The van der Waals surface area contributed by atoms with Gasteiger partial charge in [-0.1, -0.05) is 79.6 Å². The molecule has 0 spiro atoms. The van der Waals surface area contributed by atoms with E-state index in [-0.39, 0.29) is 17.3 Å². The standard InChI is InChI=1S/C31H39N3O4S/c1-6-26-11-9-10-12-29(26)34(39(37,38)27-19-15-24(5)16-20-27)22-30(35)33(28(7-2)31(36)32-8-3)21-25-17-13-23(4)14-18-25/h9-20,28H,6-8,21-22H2,1-5H3,(H,32,36). The Morgan fingerprint density at radius 1 is 0.846 bits per heavy atom. The van der Waals surface area contributed by atoms with Gasteiger partial charge in [-0.15, -0.1) is 0 Å². The van der Waals surface area contributed by atoms with Gasteiger partial charge in [0, 0.05) is 13.1 Å². The van der Waals surface area contributed by atoms with Gasteiger partial charge in [-0.2, -0.15) is 0 Å². The van der Waals surface area contributed by atoms with E-state index in [2.05, 4.69) is 5.32 Å². The highest BCUT2D eigenvalue weighted by molar-refractivity contribution is 7.92. The summed E-state index contributed by atoms with van der Waals surface area (Å²) in [7, 11) is -4.09. The number of anilines is 1. The Morgan fingerprint density at radius 3 is 2.00 bits per heavy atom. The van der Waals surface area contributed by atoms with Gasteiger partial charge in [0.05, 0.1) is 10.6 Å². The molecular formula is C31H39N3O4S. The van der Waals surface area contributed by atoms with Crippen molar-refractivity contribution in [1.29, 1.82) is 0 Å². The van der Waals surface area contributed by atoms with Crippen molar-refractivity contribution < 1.29 is 18.0 Å². The molecule has 1 N–H and O–H groups in total. The molecule has 0 heterocycles. The van der Waals surface area contributed by atoms with E-state index < -0.39 is 28.5 Å². The van der Waals surface area contributed by atoms with E-state index in [0.29, 0.717) is 25.1 Å². The van der Waals surface area contributed by atoms with Gasteiger partial charge in [-0.25, -0.2) is 8.42 Å². The monoisotopic (exact) mass is 549 g/mol. The Bertz CT molecular complexity index is 1370. The van der Waals surface area contributed by atoms with E-state index in [4.69, 9.17) is 0 Å². The Hall–Kier alpha value is -3.65. The van der Waals surface area contributed by atoms with Gasteiger partial charge in [-0.05, 0) is 62.9 Å². The molecule has 0 fully saturated rings. The van der Waals surface area contributed by atoms with Crippen molar-refractivity contribution in [3.8, 4) is 0 Å². The molecule has 0 radical (unpaired) electrons. The normalized spacial score (nSPS) is 12.0. The molecule has 208 valence electrons. The minimum atomic E-state index is -4.09. The lowest BCUT2D eigenvalue weighted by atomic mass is 10.1. The number of nitrogens with zero attached hydrogens (tertiary/aromatic N) is 2. The number of rotatable bonds is 12. The summed E-state index contributed by atoms with van der Waals surface area (Å²) in [6.45, 7) is 9.67. The number of nitrogens with one attached hydrogen (secondary N) is 1. The predicted octanol–water partition coefficient (Wildman–Crippen LogP) is 5.00. The fraction of sp³-hybridized carbons (Fsp3) is 0.355. The number of sulfonamides is 1. The first kappa shape index (κ1) is 29.9. The highest BCUT2D eigenvalue weighted by atomic mass is 32.2. The van der Waals surface area contributed by atoms with Crippen molar-refractivity contribution in [1.82, 2.24) is 10.2 Å². The van der Waals surface area contributed by atoms with Gasteiger partial charge in [-0.3, -0.25) is 13.9 Å². The van der Waals surface area contributed by atoms with Crippen LogP contribution in [-0.4, -0.2) is 44.3 Å². The van der Waals surface area contributed by atoms with Gasteiger partial charge < -0.3 is 10.2 Å². The van der Waals surface area contributed by atoms with Gasteiger partial charge in [0.25, 0.3) is 10.0 Å². The smallest absolute Gasteiger partial charge is 0.264 e. The quantitative estimate of drug-likeness (QED) is 0.344. The molecule has 0 aromatic heterocycles. The third kappa shape index (κ3) is 7.26. The first-order valence-corrected chi connectivity index (χ1v) is 14.9. The Balaban J connectivity index is 2.09. The maximum absolute atomic E-state index is 14.1. The molecule has 0 saturated heterocycles. The molecule has 8 heteroatoms. The van der Waals surface area contributed by atoms with Gasteiger partial charge in [0.2, 0.25) is 11.8 Å². The third-order valence-electron chi connectivity index (χ3n) is 6.74. The van der Waals surface area contributed by atoms with E-state index in [9.17, 15) is 18.0 Å². The van der Waals surface area contributed by atoms with Crippen LogP contribution in [-0.2, 0) is 32.6 Å². The van der Waals surface area contributed by atoms with E-state index in [1.54, 1.807) is 36.4 Å². The molecule has 0 aliphatic carbocycles. The first-order chi connectivity index (χ1) is 18.6. The van der Waals surface area contributed by atoms with Crippen LogP contribution in [0, 0.1) is 13.8 Å². The Labute approximate surface area is 232 Å². The molecule has 1 unspecified atom stereocenters. The summed E-state index contributed by atoms with van der Waals surface area (Å²) in [5.74, 6) is -0.711. The predicted molar refractivity (Wildman–Crippen MR) is 156 cm³/mol. The van der Waals surface area contributed by atoms with Gasteiger partial charge in [0.15, 0.2) is 0 Å². The zero-order valence-electron chi connectivity index (χ0n) is 23.5. The summed E-state index contributed by atoms with van der Waals surface area (Å²) in [6.07, 6.45) is 0.980. The molecule has 0 aliphatic heterocycles. The molecule has 3 aromatic carbocycles.